The van der Waals surface area contributed by atoms with Gasteiger partial charge in [-0.05, 0) is 33.1 Å². The summed E-state index contributed by atoms with van der Waals surface area (Å²) in [5.74, 6) is 0.167. The van der Waals surface area contributed by atoms with Gasteiger partial charge in [0.05, 0.1) is 0 Å². The van der Waals surface area contributed by atoms with Crippen LogP contribution in [0.5, 0.6) is 0 Å². The molecule has 0 rings (SSSR count). The average molecular weight is 554 g/mol. The van der Waals surface area contributed by atoms with Crippen LogP contribution in [-0.2, 0) is 83.4 Å². The largest absolute Gasteiger partial charge is 0.396 e. The average Bonchev–Trinajstić information content (AvgIpc) is 2.33. The molecule has 0 saturated carbocycles. The molecule has 0 aliphatic heterocycles. The quantitative estimate of drug-likeness (QED) is 0.473. The molecule has 0 unspecified atom stereocenters. The van der Waals surface area contributed by atoms with Gasteiger partial charge in [0.15, 0.2) is 0 Å². The van der Waals surface area contributed by atoms with Crippen LogP contribution >= 0.6 is 0 Å². The minimum Gasteiger partial charge on any atom is -0.396 e. The summed E-state index contributed by atoms with van der Waals surface area (Å²) in [7, 11) is 0. The first kappa shape index (κ1) is 44.0. The maximum absolute atomic E-state index is 9.44. The van der Waals surface area contributed by atoms with E-state index in [1.165, 1.54) is 13.8 Å². The second-order valence-electron chi connectivity index (χ2n) is 4.14. The zero-order valence-corrected chi connectivity index (χ0v) is 22.5. The summed E-state index contributed by atoms with van der Waals surface area (Å²) in [4.78, 5) is 9.44. The van der Waals surface area contributed by atoms with E-state index in [2.05, 4.69) is 20.8 Å². The van der Waals surface area contributed by atoms with Crippen LogP contribution in [0.15, 0.2) is 0 Å². The Hall–Kier alpha value is 2.20. The normalized spacial score (nSPS) is 6.91. The van der Waals surface area contributed by atoms with Crippen LogP contribution in [0.1, 0.15) is 73.1 Å². The maximum atomic E-state index is 9.44. The van der Waals surface area contributed by atoms with Gasteiger partial charge in [-0.2, -0.15) is 0 Å². The number of aliphatic hydroxyl groups is 3. The molecule has 0 heterocycles. The number of carbonyl (C=O) groups excluding carboxylic acids is 1. The molecule has 0 amide bonds. The number of Topliss-reactive ketones (excluding diaryl/α,β-unsaturated/α-hetero) is 1. The first-order valence-corrected chi connectivity index (χ1v) is 7.27. The monoisotopic (exact) mass is 550 g/mol. The summed E-state index contributed by atoms with van der Waals surface area (Å²) in [6, 6.07) is 0. The van der Waals surface area contributed by atoms with E-state index in [0.29, 0.717) is 19.8 Å². The van der Waals surface area contributed by atoms with Gasteiger partial charge in [0.2, 0.25) is 0 Å². The molecule has 0 fully saturated rings. The van der Waals surface area contributed by atoms with E-state index in [0.717, 1.165) is 38.5 Å². The van der Waals surface area contributed by atoms with Crippen molar-refractivity contribution in [1.82, 2.24) is 0 Å². The van der Waals surface area contributed by atoms with Crippen molar-refractivity contribution in [2.24, 2.45) is 0 Å². The standard InChI is InChI=1S/3C4H10O.C3H6O.3Zr/c3*1-2-3-4-5;1-3(2)4;;;/h3*5H,2-4H2,1H3;1-2H3;;;. The zero-order chi connectivity index (χ0) is 15.9. The number of hydrogen-bond acceptors (Lipinski definition) is 4. The molecule has 7 heteroatoms. The predicted octanol–water partition coefficient (Wildman–Crippen LogP) is 2.92. The fourth-order valence-corrected chi connectivity index (χ4v) is 0.474. The first-order valence-electron chi connectivity index (χ1n) is 7.27. The Kier molecular flexibility index (Phi) is 113. The smallest absolute Gasteiger partial charge is 0.126 e. The molecule has 0 saturated heterocycles. The molecule has 0 aromatic heterocycles. The Labute approximate surface area is 195 Å². The number of rotatable bonds is 6. The molecule has 0 spiro atoms. The van der Waals surface area contributed by atoms with Gasteiger partial charge >= 0.3 is 0 Å². The number of ketones is 1. The Morgan fingerprint density at radius 3 is 0.773 bits per heavy atom. The van der Waals surface area contributed by atoms with E-state index in [1.807, 2.05) is 0 Å². The number of hydrogen-bond donors (Lipinski definition) is 3. The van der Waals surface area contributed by atoms with Crippen LogP contribution in [0.3, 0.4) is 0 Å². The molecule has 22 heavy (non-hydrogen) atoms. The Bertz CT molecular complexity index is 116. The molecule has 0 radical (unpaired) electrons. The molecule has 0 aliphatic carbocycles. The molecule has 0 aliphatic rings. The fraction of sp³-hybridized carbons (Fsp3) is 0.933. The summed E-state index contributed by atoms with van der Waals surface area (Å²) in [6.45, 7) is 10.2. The molecule has 132 valence electrons. The summed E-state index contributed by atoms with van der Waals surface area (Å²) in [5.41, 5.74) is 0. The molecule has 0 bridgehead atoms. The van der Waals surface area contributed by atoms with Crippen molar-refractivity contribution in [2.45, 2.75) is 73.1 Å². The van der Waals surface area contributed by atoms with Gasteiger partial charge in [0.25, 0.3) is 0 Å². The summed E-state index contributed by atoms with van der Waals surface area (Å²) >= 11 is 0. The van der Waals surface area contributed by atoms with E-state index in [1.54, 1.807) is 0 Å². The van der Waals surface area contributed by atoms with Crippen molar-refractivity contribution >= 4 is 5.78 Å². The molecule has 0 aromatic carbocycles. The predicted molar refractivity (Wildman–Crippen MR) is 82.3 cm³/mol. The number of carbonyl (C=O) groups is 1. The van der Waals surface area contributed by atoms with Crippen molar-refractivity contribution in [3.05, 3.63) is 0 Å². The molecular weight excluding hydrogens is 518 g/mol. The van der Waals surface area contributed by atoms with E-state index in [9.17, 15) is 4.79 Å². The Morgan fingerprint density at radius 2 is 0.773 bits per heavy atom. The van der Waals surface area contributed by atoms with Gasteiger partial charge in [-0.25, -0.2) is 0 Å². The van der Waals surface area contributed by atoms with Crippen LogP contribution in [0.25, 0.3) is 0 Å². The van der Waals surface area contributed by atoms with Crippen molar-refractivity contribution in [3.63, 3.8) is 0 Å². The van der Waals surface area contributed by atoms with Crippen LogP contribution in [0, 0.1) is 0 Å². The first-order chi connectivity index (χ1) is 8.97. The number of unbranched alkanes of at least 4 members (excludes halogenated alkanes) is 3. The molecular formula is C15H36O4Zr3. The van der Waals surface area contributed by atoms with E-state index >= 15 is 0 Å². The topological polar surface area (TPSA) is 77.8 Å². The van der Waals surface area contributed by atoms with Gasteiger partial charge in [0.1, 0.15) is 5.78 Å². The molecule has 4 nitrogen and oxygen atoms in total. The van der Waals surface area contributed by atoms with Gasteiger partial charge in [-0.3, -0.25) is 0 Å². The van der Waals surface area contributed by atoms with Crippen molar-refractivity contribution in [3.8, 4) is 0 Å². The van der Waals surface area contributed by atoms with Crippen LogP contribution in [0.2, 0.25) is 0 Å². The second-order valence-corrected chi connectivity index (χ2v) is 4.14. The van der Waals surface area contributed by atoms with Crippen molar-refractivity contribution in [2.75, 3.05) is 19.8 Å². The van der Waals surface area contributed by atoms with Gasteiger partial charge < -0.3 is 20.1 Å². The third-order valence-electron chi connectivity index (χ3n) is 1.54. The van der Waals surface area contributed by atoms with E-state index in [-0.39, 0.29) is 84.4 Å². The minimum absolute atomic E-state index is 0. The zero-order valence-electron chi connectivity index (χ0n) is 15.1. The summed E-state index contributed by atoms with van der Waals surface area (Å²) in [6.07, 6.45) is 6.11. The molecule has 0 atom stereocenters. The SMILES string of the molecule is CC(C)=O.CCCCO.CCCCO.CCCCO.[Zr].[Zr].[Zr]. The maximum Gasteiger partial charge on any atom is 0.126 e. The summed E-state index contributed by atoms with van der Waals surface area (Å²) < 4.78 is 0. The van der Waals surface area contributed by atoms with Gasteiger partial charge in [-0.15, -0.1) is 0 Å². The summed E-state index contributed by atoms with van der Waals surface area (Å²) in [5, 5.41) is 24.2. The fourth-order valence-electron chi connectivity index (χ4n) is 0.474. The second kappa shape index (κ2) is 56.7. The Morgan fingerprint density at radius 1 is 0.636 bits per heavy atom. The third-order valence-corrected chi connectivity index (χ3v) is 1.54. The number of aliphatic hydroxyl groups excluding tert-OH is 3. The Balaban J connectivity index is -0.0000000262. The van der Waals surface area contributed by atoms with Crippen LogP contribution in [0.4, 0.5) is 0 Å². The molecule has 0 aromatic rings. The molecule has 3 N–H and O–H groups in total. The van der Waals surface area contributed by atoms with E-state index in [4.69, 9.17) is 15.3 Å². The van der Waals surface area contributed by atoms with Crippen molar-refractivity contribution < 1.29 is 98.7 Å². The van der Waals surface area contributed by atoms with E-state index < -0.39 is 0 Å². The van der Waals surface area contributed by atoms with Gasteiger partial charge in [0, 0.05) is 98.4 Å². The third kappa shape index (κ3) is 148. The van der Waals surface area contributed by atoms with Crippen LogP contribution < -0.4 is 0 Å². The minimum atomic E-state index is 0. The van der Waals surface area contributed by atoms with Crippen LogP contribution in [-0.4, -0.2) is 40.9 Å². The van der Waals surface area contributed by atoms with Crippen molar-refractivity contribution in [1.29, 1.82) is 0 Å². The van der Waals surface area contributed by atoms with Gasteiger partial charge in [-0.1, -0.05) is 40.0 Å².